The van der Waals surface area contributed by atoms with Crippen LogP contribution in [0.2, 0.25) is 0 Å². The topological polar surface area (TPSA) is 174 Å². The van der Waals surface area contributed by atoms with E-state index in [2.05, 4.69) is 26.1 Å². The summed E-state index contributed by atoms with van der Waals surface area (Å²) in [4.78, 5) is 35.6. The number of nitrogens with two attached hydrogens (primary N) is 2. The molecule has 0 spiro atoms. The minimum Gasteiger partial charge on any atom is -0.402 e. The van der Waals surface area contributed by atoms with Crippen LogP contribution in [0.25, 0.3) is 0 Å². The van der Waals surface area contributed by atoms with Gasteiger partial charge in [0.05, 0.1) is 24.0 Å². The third-order valence-electron chi connectivity index (χ3n) is 7.00. The van der Waals surface area contributed by atoms with Crippen molar-refractivity contribution in [1.29, 1.82) is 0 Å². The summed E-state index contributed by atoms with van der Waals surface area (Å²) in [5.41, 5.74) is 15.4. The maximum Gasteiger partial charge on any atom is 0.233 e. The lowest BCUT2D eigenvalue weighted by molar-refractivity contribution is -0.120. The number of carbonyl (C=O) groups excluding carboxylic acids is 3. The summed E-state index contributed by atoms with van der Waals surface area (Å²) in [5, 5.41) is 17.8. The van der Waals surface area contributed by atoms with Gasteiger partial charge in [0.2, 0.25) is 23.4 Å². The number of hydrogen-bond donors (Lipinski definition) is 5. The van der Waals surface area contributed by atoms with Crippen LogP contribution in [0.15, 0.2) is 78.3 Å². The standard InChI is InChI=1S/C30H37N7O3S.C5H12O/c1-20(23-10-4-3-5-11-23)29(40)35-30-37-36-28(41-30)14-7-6-13-25(31)15-16-26(32)34-27(39)18-22-9-8-12-24(17-22)21(2)33-19-38;1-5(2,3)6-4/h3-5,8-12,15-17,19-21H,6-7,13-14,18,31-32H2,1-2H3,(H,33,38)(H,34,39)(H,35,37,40);1-4H3/b25-15-,26-16+;. The highest BCUT2D eigenvalue weighted by atomic mass is 32.1. The number of anilines is 1. The van der Waals surface area contributed by atoms with E-state index in [-0.39, 0.29) is 41.6 Å². The Balaban J connectivity index is 0.00000117. The number of methoxy groups -OCH3 is 1. The third-order valence-corrected chi connectivity index (χ3v) is 7.90. The predicted molar refractivity (Wildman–Crippen MR) is 188 cm³/mol. The normalized spacial score (nSPS) is 13.1. The number of rotatable bonds is 15. The molecule has 0 aliphatic heterocycles. The summed E-state index contributed by atoms with van der Waals surface area (Å²) in [6, 6.07) is 16.9. The molecule has 0 aliphatic carbocycles. The maximum absolute atomic E-state index is 12.5. The summed E-state index contributed by atoms with van der Waals surface area (Å²) in [5.74, 6) is -0.447. The van der Waals surface area contributed by atoms with Gasteiger partial charge < -0.3 is 32.2 Å². The Morgan fingerprint density at radius 3 is 2.32 bits per heavy atom. The van der Waals surface area contributed by atoms with Crippen molar-refractivity contribution in [3.63, 3.8) is 0 Å². The van der Waals surface area contributed by atoms with Crippen LogP contribution in [-0.4, -0.2) is 41.1 Å². The number of nitrogens with zero attached hydrogens (tertiary/aromatic N) is 2. The molecule has 0 aliphatic rings. The van der Waals surface area contributed by atoms with E-state index in [4.69, 9.17) is 16.2 Å². The summed E-state index contributed by atoms with van der Waals surface area (Å²) >= 11 is 1.37. The van der Waals surface area contributed by atoms with Crippen molar-refractivity contribution in [2.45, 2.75) is 84.3 Å². The molecule has 3 aromatic rings. The highest BCUT2D eigenvalue weighted by molar-refractivity contribution is 7.15. The van der Waals surface area contributed by atoms with Gasteiger partial charge in [0.1, 0.15) is 10.8 Å². The molecule has 0 radical (unpaired) electrons. The molecular weight excluding hydrogens is 614 g/mol. The molecule has 1 heterocycles. The molecule has 2 atom stereocenters. The van der Waals surface area contributed by atoms with E-state index in [1.54, 1.807) is 19.3 Å². The van der Waals surface area contributed by atoms with E-state index < -0.39 is 0 Å². The number of unbranched alkanes of at least 4 members (excludes halogenated alkanes) is 1. The number of aromatic nitrogens is 2. The van der Waals surface area contributed by atoms with Gasteiger partial charge in [-0.2, -0.15) is 0 Å². The van der Waals surface area contributed by atoms with Crippen molar-refractivity contribution in [1.82, 2.24) is 20.8 Å². The van der Waals surface area contributed by atoms with Crippen LogP contribution in [0, 0.1) is 0 Å². The SMILES string of the molecule is CC(NC=O)c1cccc(CC(=O)N/C(N)=C/C=C(\N)CCCCc2nnc(NC(=O)C(C)c3ccccc3)s2)c1.COC(C)(C)C. The minimum atomic E-state index is -0.284. The van der Waals surface area contributed by atoms with Crippen molar-refractivity contribution < 1.29 is 19.1 Å². The van der Waals surface area contributed by atoms with Gasteiger partial charge in [-0.05, 0) is 82.7 Å². The van der Waals surface area contributed by atoms with E-state index in [1.165, 1.54) is 11.3 Å². The van der Waals surface area contributed by atoms with Crippen LogP contribution in [0.4, 0.5) is 5.13 Å². The van der Waals surface area contributed by atoms with Crippen molar-refractivity contribution in [3.8, 4) is 0 Å². The van der Waals surface area contributed by atoms with Gasteiger partial charge in [-0.1, -0.05) is 65.9 Å². The van der Waals surface area contributed by atoms with Crippen LogP contribution >= 0.6 is 11.3 Å². The lowest BCUT2D eigenvalue weighted by atomic mass is 10.0. The van der Waals surface area contributed by atoms with Gasteiger partial charge in [0.15, 0.2) is 0 Å². The van der Waals surface area contributed by atoms with Crippen LogP contribution in [0.3, 0.4) is 0 Å². The zero-order valence-electron chi connectivity index (χ0n) is 28.2. The molecule has 11 nitrogen and oxygen atoms in total. The average molecular weight is 664 g/mol. The monoisotopic (exact) mass is 663 g/mol. The summed E-state index contributed by atoms with van der Waals surface area (Å²) in [6.45, 7) is 9.79. The second-order valence-electron chi connectivity index (χ2n) is 12.0. The average Bonchev–Trinajstić information content (AvgIpc) is 3.49. The number of amides is 3. The largest absolute Gasteiger partial charge is 0.402 e. The fourth-order valence-electron chi connectivity index (χ4n) is 4.00. The minimum absolute atomic E-state index is 0.0417. The Hall–Kier alpha value is -4.55. The first kappa shape index (κ1) is 38.6. The fourth-order valence-corrected chi connectivity index (χ4v) is 4.78. The predicted octanol–water partition coefficient (Wildman–Crippen LogP) is 5.23. The molecule has 47 heavy (non-hydrogen) atoms. The third kappa shape index (κ3) is 15.5. The van der Waals surface area contributed by atoms with E-state index in [0.717, 1.165) is 41.0 Å². The van der Waals surface area contributed by atoms with Crippen LogP contribution in [-0.2, 0) is 32.0 Å². The Kier molecular flexibility index (Phi) is 16.3. The Morgan fingerprint density at radius 2 is 1.66 bits per heavy atom. The number of aryl methyl sites for hydroxylation is 1. The van der Waals surface area contributed by atoms with E-state index in [9.17, 15) is 14.4 Å². The quantitative estimate of drug-likeness (QED) is 0.0834. The van der Waals surface area contributed by atoms with Gasteiger partial charge in [0, 0.05) is 19.2 Å². The lowest BCUT2D eigenvalue weighted by Gasteiger charge is -2.14. The Labute approximate surface area is 282 Å². The molecule has 254 valence electrons. The summed E-state index contributed by atoms with van der Waals surface area (Å²) < 4.78 is 4.94. The molecule has 0 bridgehead atoms. The fraction of sp³-hybridized carbons (Fsp3) is 0.400. The van der Waals surface area contributed by atoms with Crippen molar-refractivity contribution in [3.05, 3.63) is 100.0 Å². The number of carbonyl (C=O) groups is 3. The summed E-state index contributed by atoms with van der Waals surface area (Å²) in [7, 11) is 1.71. The van der Waals surface area contributed by atoms with Gasteiger partial charge in [-0.15, -0.1) is 10.2 Å². The molecule has 12 heteroatoms. The first-order valence-corrected chi connectivity index (χ1v) is 16.4. The molecule has 2 aromatic carbocycles. The van der Waals surface area contributed by atoms with E-state index >= 15 is 0 Å². The van der Waals surface area contributed by atoms with Gasteiger partial charge in [-0.3, -0.25) is 14.4 Å². The van der Waals surface area contributed by atoms with Crippen LogP contribution < -0.4 is 27.4 Å². The number of ether oxygens (including phenoxy) is 1. The van der Waals surface area contributed by atoms with Crippen LogP contribution in [0.1, 0.15) is 87.5 Å². The second kappa shape index (κ2) is 19.9. The van der Waals surface area contributed by atoms with E-state index in [1.807, 2.05) is 89.2 Å². The molecule has 2 unspecified atom stereocenters. The lowest BCUT2D eigenvalue weighted by Crippen LogP contribution is -2.28. The number of allylic oxidation sites excluding steroid dienone is 3. The molecule has 0 saturated carbocycles. The molecule has 7 N–H and O–H groups in total. The van der Waals surface area contributed by atoms with Gasteiger partial charge in [0.25, 0.3) is 0 Å². The zero-order chi connectivity index (χ0) is 34.8. The number of nitrogens with one attached hydrogen (secondary N) is 3. The maximum atomic E-state index is 12.5. The smallest absolute Gasteiger partial charge is 0.233 e. The van der Waals surface area contributed by atoms with Crippen molar-refractivity contribution >= 4 is 34.7 Å². The van der Waals surface area contributed by atoms with Crippen molar-refractivity contribution in [2.24, 2.45) is 11.5 Å². The number of benzene rings is 2. The van der Waals surface area contributed by atoms with Crippen LogP contribution in [0.5, 0.6) is 0 Å². The van der Waals surface area contributed by atoms with Crippen molar-refractivity contribution in [2.75, 3.05) is 12.4 Å². The molecule has 1 aromatic heterocycles. The van der Waals surface area contributed by atoms with Gasteiger partial charge in [-0.25, -0.2) is 0 Å². The second-order valence-corrected chi connectivity index (χ2v) is 13.0. The molecule has 0 fully saturated rings. The molecule has 0 saturated heterocycles. The zero-order valence-corrected chi connectivity index (χ0v) is 29.0. The molecular formula is C35H49N7O4S. The molecule has 3 rings (SSSR count). The Bertz CT molecular complexity index is 1480. The highest BCUT2D eigenvalue weighted by Crippen LogP contribution is 2.21. The van der Waals surface area contributed by atoms with Gasteiger partial charge >= 0.3 is 0 Å². The first-order chi connectivity index (χ1) is 22.3. The Morgan fingerprint density at radius 1 is 0.979 bits per heavy atom. The summed E-state index contributed by atoms with van der Waals surface area (Å²) in [6.07, 6.45) is 7.16. The molecule has 3 amide bonds. The number of hydrogen-bond acceptors (Lipinski definition) is 9. The highest BCUT2D eigenvalue weighted by Gasteiger charge is 2.17. The first-order valence-electron chi connectivity index (χ1n) is 15.5. The van der Waals surface area contributed by atoms with E-state index in [0.29, 0.717) is 23.7 Å².